The number of benzene rings is 1. The molecule has 134 valence electrons. The number of aromatic nitrogens is 1. The van der Waals surface area contributed by atoms with Crippen LogP contribution in [0.3, 0.4) is 0 Å². The molecule has 1 aliphatic carbocycles. The molecule has 0 fully saturated rings. The highest BCUT2D eigenvalue weighted by Gasteiger charge is 2.38. The average molecular weight is 358 g/mol. The van der Waals surface area contributed by atoms with E-state index in [-0.39, 0.29) is 35.3 Å². The maximum absolute atomic E-state index is 12.4. The zero-order valence-corrected chi connectivity index (χ0v) is 14.7. The van der Waals surface area contributed by atoms with Crippen molar-refractivity contribution in [1.29, 1.82) is 0 Å². The van der Waals surface area contributed by atoms with Gasteiger partial charge >= 0.3 is 0 Å². The minimum Gasteiger partial charge on any atom is -0.395 e. The third kappa shape index (κ3) is 2.34. The van der Waals surface area contributed by atoms with Gasteiger partial charge in [-0.3, -0.25) is 9.59 Å². The molecule has 0 saturated carbocycles. The van der Waals surface area contributed by atoms with E-state index in [0.717, 1.165) is 5.69 Å². The monoisotopic (exact) mass is 358 g/mol. The number of nitrogens with one attached hydrogen (secondary N) is 2. The van der Waals surface area contributed by atoms with Crippen LogP contribution in [0.1, 0.15) is 45.1 Å². The van der Waals surface area contributed by atoms with E-state index in [1.807, 2.05) is 18.2 Å². The van der Waals surface area contributed by atoms with Crippen molar-refractivity contribution < 1.29 is 9.59 Å². The molecule has 1 aromatic heterocycles. The van der Waals surface area contributed by atoms with Gasteiger partial charge < -0.3 is 16.4 Å². The summed E-state index contributed by atoms with van der Waals surface area (Å²) >= 11 is 0. The molecule has 2 aliphatic heterocycles. The highest BCUT2D eigenvalue weighted by Crippen LogP contribution is 2.42. The SMILES string of the molecule is CC1C=C2c3ccccc3NC2C(c2ccc3c(n2)C(=O)C(N)=CC3=O)N1. The molecule has 0 saturated heterocycles. The number of carbonyl (C=O) groups is 2. The number of allylic oxidation sites excluding steroid dienone is 2. The number of para-hydroxylation sites is 1. The molecule has 5 rings (SSSR count). The lowest BCUT2D eigenvalue weighted by Gasteiger charge is -2.33. The summed E-state index contributed by atoms with van der Waals surface area (Å²) in [5.74, 6) is -0.674. The quantitative estimate of drug-likeness (QED) is 0.723. The molecular formula is C21H18N4O2. The summed E-state index contributed by atoms with van der Waals surface area (Å²) in [6.45, 7) is 2.09. The number of nitrogens with zero attached hydrogens (tertiary/aromatic N) is 1. The number of pyridine rings is 1. The van der Waals surface area contributed by atoms with E-state index in [1.165, 1.54) is 17.2 Å². The minimum atomic E-state index is -0.395. The zero-order valence-electron chi connectivity index (χ0n) is 14.7. The summed E-state index contributed by atoms with van der Waals surface area (Å²) in [6, 6.07) is 11.7. The lowest BCUT2D eigenvalue weighted by molar-refractivity contribution is 0.0979. The van der Waals surface area contributed by atoms with Crippen LogP contribution in [0, 0.1) is 0 Å². The van der Waals surface area contributed by atoms with Crippen molar-refractivity contribution >= 4 is 22.8 Å². The van der Waals surface area contributed by atoms with Gasteiger partial charge in [-0.1, -0.05) is 24.3 Å². The molecule has 3 atom stereocenters. The van der Waals surface area contributed by atoms with Crippen LogP contribution in [-0.2, 0) is 0 Å². The lowest BCUT2D eigenvalue weighted by atomic mass is 9.88. The van der Waals surface area contributed by atoms with E-state index in [1.54, 1.807) is 6.07 Å². The first kappa shape index (κ1) is 16.0. The van der Waals surface area contributed by atoms with Crippen molar-refractivity contribution in [3.05, 3.63) is 76.8 Å². The van der Waals surface area contributed by atoms with E-state index in [0.29, 0.717) is 11.3 Å². The molecule has 0 bridgehead atoms. The highest BCUT2D eigenvalue weighted by molar-refractivity contribution is 6.23. The summed E-state index contributed by atoms with van der Waals surface area (Å²) < 4.78 is 0. The van der Waals surface area contributed by atoms with Gasteiger partial charge in [0, 0.05) is 23.4 Å². The molecule has 6 nitrogen and oxygen atoms in total. The van der Waals surface area contributed by atoms with Crippen LogP contribution in [0.2, 0.25) is 0 Å². The topological polar surface area (TPSA) is 97.1 Å². The Morgan fingerprint density at radius 1 is 1.04 bits per heavy atom. The number of rotatable bonds is 1. The van der Waals surface area contributed by atoms with Crippen molar-refractivity contribution in [3.8, 4) is 0 Å². The summed E-state index contributed by atoms with van der Waals surface area (Å²) in [6.07, 6.45) is 3.39. The second-order valence-electron chi connectivity index (χ2n) is 7.15. The average Bonchev–Trinajstić information content (AvgIpc) is 3.04. The first-order valence-corrected chi connectivity index (χ1v) is 8.94. The predicted molar refractivity (Wildman–Crippen MR) is 102 cm³/mol. The Morgan fingerprint density at radius 3 is 2.70 bits per heavy atom. The molecule has 3 heterocycles. The zero-order chi connectivity index (χ0) is 18.7. The van der Waals surface area contributed by atoms with Crippen LogP contribution >= 0.6 is 0 Å². The summed E-state index contributed by atoms with van der Waals surface area (Å²) in [4.78, 5) is 29.1. The van der Waals surface area contributed by atoms with Crippen LogP contribution in [0.15, 0.2) is 54.2 Å². The maximum Gasteiger partial charge on any atom is 0.227 e. The Hall–Kier alpha value is -3.25. The molecular weight excluding hydrogens is 340 g/mol. The van der Waals surface area contributed by atoms with Gasteiger partial charge in [-0.25, -0.2) is 4.98 Å². The number of ketones is 2. The normalized spacial score (nSPS) is 25.7. The molecule has 0 spiro atoms. The Bertz CT molecular complexity index is 1070. The number of hydrogen-bond acceptors (Lipinski definition) is 6. The Morgan fingerprint density at radius 2 is 1.85 bits per heavy atom. The maximum atomic E-state index is 12.4. The van der Waals surface area contributed by atoms with Crippen LogP contribution in [0.4, 0.5) is 5.69 Å². The third-order valence-electron chi connectivity index (χ3n) is 5.35. The second-order valence-corrected chi connectivity index (χ2v) is 7.15. The number of fused-ring (bicyclic) bond motifs is 4. The van der Waals surface area contributed by atoms with Crippen LogP contribution in [-0.4, -0.2) is 28.6 Å². The number of nitrogens with two attached hydrogens (primary N) is 1. The molecule has 2 aromatic rings. The fraction of sp³-hybridized carbons (Fsp3) is 0.190. The first-order chi connectivity index (χ1) is 13.0. The van der Waals surface area contributed by atoms with Crippen molar-refractivity contribution in [1.82, 2.24) is 10.3 Å². The second kappa shape index (κ2) is 5.62. The summed E-state index contributed by atoms with van der Waals surface area (Å²) in [5.41, 5.74) is 10.3. The molecule has 3 unspecified atom stereocenters. The highest BCUT2D eigenvalue weighted by atomic mass is 16.1. The van der Waals surface area contributed by atoms with Crippen molar-refractivity contribution in [2.75, 3.05) is 5.32 Å². The van der Waals surface area contributed by atoms with Gasteiger partial charge in [0.05, 0.1) is 29.0 Å². The first-order valence-electron chi connectivity index (χ1n) is 8.94. The standard InChI is InChI=1S/C21H18N4O2/c1-10-8-13-11-4-2-3-5-15(11)24-18(13)20(23-10)16-7-6-12-17(26)9-14(22)21(27)19(12)25-16/h2-10,18,20,23-24H,22H2,1H3. The molecule has 3 aliphatic rings. The van der Waals surface area contributed by atoms with Crippen LogP contribution < -0.4 is 16.4 Å². The molecule has 0 amide bonds. The number of anilines is 1. The van der Waals surface area contributed by atoms with Gasteiger partial charge in [0.15, 0.2) is 5.78 Å². The number of hydrogen-bond donors (Lipinski definition) is 3. The van der Waals surface area contributed by atoms with E-state index in [9.17, 15) is 9.59 Å². The van der Waals surface area contributed by atoms with Gasteiger partial charge in [-0.05, 0) is 30.7 Å². The fourth-order valence-corrected chi connectivity index (χ4v) is 4.12. The van der Waals surface area contributed by atoms with Gasteiger partial charge in [0.2, 0.25) is 5.78 Å². The van der Waals surface area contributed by atoms with Crippen molar-refractivity contribution in [2.24, 2.45) is 5.73 Å². The summed E-state index contributed by atoms with van der Waals surface area (Å²) in [5, 5.41) is 7.10. The predicted octanol–water partition coefficient (Wildman–Crippen LogP) is 2.21. The van der Waals surface area contributed by atoms with Gasteiger partial charge in [-0.2, -0.15) is 0 Å². The molecule has 4 N–H and O–H groups in total. The van der Waals surface area contributed by atoms with Crippen LogP contribution in [0.5, 0.6) is 0 Å². The third-order valence-corrected chi connectivity index (χ3v) is 5.35. The van der Waals surface area contributed by atoms with Gasteiger partial charge in [-0.15, -0.1) is 0 Å². The Balaban J connectivity index is 1.58. The van der Waals surface area contributed by atoms with E-state index >= 15 is 0 Å². The van der Waals surface area contributed by atoms with Gasteiger partial charge in [0.25, 0.3) is 0 Å². The van der Waals surface area contributed by atoms with Gasteiger partial charge in [0.1, 0.15) is 5.69 Å². The van der Waals surface area contributed by atoms with E-state index in [2.05, 4.69) is 40.8 Å². The number of Topliss-reactive ketones (excluding diaryl/α,β-unsaturated/α-hetero) is 1. The van der Waals surface area contributed by atoms with Crippen molar-refractivity contribution in [3.63, 3.8) is 0 Å². The smallest absolute Gasteiger partial charge is 0.227 e. The molecule has 1 aromatic carbocycles. The number of carbonyl (C=O) groups excluding carboxylic acids is 2. The fourth-order valence-electron chi connectivity index (χ4n) is 4.12. The molecule has 0 radical (unpaired) electrons. The molecule has 27 heavy (non-hydrogen) atoms. The Kier molecular flexibility index (Phi) is 3.32. The lowest BCUT2D eigenvalue weighted by Crippen LogP contribution is -2.43. The largest absolute Gasteiger partial charge is 0.395 e. The van der Waals surface area contributed by atoms with E-state index in [4.69, 9.17) is 5.73 Å². The summed E-state index contributed by atoms with van der Waals surface area (Å²) in [7, 11) is 0. The van der Waals surface area contributed by atoms with Crippen molar-refractivity contribution in [2.45, 2.75) is 25.0 Å². The Labute approximate surface area is 156 Å². The minimum absolute atomic E-state index is 0.00596. The molecule has 6 heteroatoms. The van der Waals surface area contributed by atoms with Crippen LogP contribution in [0.25, 0.3) is 5.57 Å². The van der Waals surface area contributed by atoms with E-state index < -0.39 is 5.78 Å².